The van der Waals surface area contributed by atoms with Crippen molar-refractivity contribution < 1.29 is 33.0 Å². The number of thiazole rings is 1. The zero-order valence-electron chi connectivity index (χ0n) is 17.0. The SMILES string of the molecule is O=C1C(=O)N(c2nc3c(F)cc(F)cc3s2)C(c2ccc(O)cc2)/C1=C(\O)c1ccc(F)cc1. The Kier molecular flexibility index (Phi) is 5.09. The van der Waals surface area contributed by atoms with Crippen molar-refractivity contribution in [3.63, 3.8) is 0 Å². The van der Waals surface area contributed by atoms with Crippen LogP contribution in [0.5, 0.6) is 5.75 Å². The number of aromatic hydroxyl groups is 1. The maximum atomic E-state index is 14.3. The summed E-state index contributed by atoms with van der Waals surface area (Å²) < 4.78 is 41.5. The van der Waals surface area contributed by atoms with Crippen LogP contribution in [-0.2, 0) is 9.59 Å². The van der Waals surface area contributed by atoms with E-state index in [1.54, 1.807) is 0 Å². The molecule has 10 heteroatoms. The number of halogens is 3. The molecule has 1 fully saturated rings. The number of fused-ring (bicyclic) bond motifs is 1. The first-order valence-electron chi connectivity index (χ1n) is 9.86. The fourth-order valence-electron chi connectivity index (χ4n) is 3.81. The summed E-state index contributed by atoms with van der Waals surface area (Å²) in [4.78, 5) is 31.3. The zero-order chi connectivity index (χ0) is 24.1. The van der Waals surface area contributed by atoms with E-state index in [-0.39, 0.29) is 32.2 Å². The number of aromatic nitrogens is 1. The second kappa shape index (κ2) is 7.99. The van der Waals surface area contributed by atoms with E-state index in [4.69, 9.17) is 0 Å². The quantitative estimate of drug-likeness (QED) is 0.242. The van der Waals surface area contributed by atoms with Crippen LogP contribution >= 0.6 is 11.3 Å². The number of carbonyl (C=O) groups excluding carboxylic acids is 2. The Hall–Kier alpha value is -4.18. The number of aliphatic hydroxyl groups excluding tert-OH is 1. The number of rotatable bonds is 3. The molecule has 0 bridgehead atoms. The summed E-state index contributed by atoms with van der Waals surface area (Å²) in [6.45, 7) is 0. The van der Waals surface area contributed by atoms with Crippen molar-refractivity contribution in [1.82, 2.24) is 4.98 Å². The molecule has 0 saturated carbocycles. The number of hydrogen-bond acceptors (Lipinski definition) is 6. The number of anilines is 1. The van der Waals surface area contributed by atoms with Crippen molar-refractivity contribution in [3.8, 4) is 5.75 Å². The zero-order valence-corrected chi connectivity index (χ0v) is 17.8. The first-order valence-corrected chi connectivity index (χ1v) is 10.7. The number of hydrogen-bond donors (Lipinski definition) is 2. The molecule has 3 aromatic carbocycles. The third-order valence-corrected chi connectivity index (χ3v) is 6.38. The van der Waals surface area contributed by atoms with Gasteiger partial charge >= 0.3 is 5.91 Å². The summed E-state index contributed by atoms with van der Waals surface area (Å²) in [5, 5.41) is 20.6. The lowest BCUT2D eigenvalue weighted by Crippen LogP contribution is -2.29. The van der Waals surface area contributed by atoms with Gasteiger partial charge in [0.05, 0.1) is 16.3 Å². The van der Waals surface area contributed by atoms with E-state index in [9.17, 15) is 33.0 Å². The highest BCUT2D eigenvalue weighted by Gasteiger charge is 2.48. The van der Waals surface area contributed by atoms with Gasteiger partial charge in [-0.3, -0.25) is 14.5 Å². The number of ketones is 1. The molecule has 170 valence electrons. The Labute approximate surface area is 193 Å². The molecule has 0 aliphatic carbocycles. The molecule has 2 N–H and O–H groups in total. The summed E-state index contributed by atoms with van der Waals surface area (Å²) in [5.74, 6) is -5.01. The van der Waals surface area contributed by atoms with Gasteiger partial charge in [0.2, 0.25) is 0 Å². The highest BCUT2D eigenvalue weighted by molar-refractivity contribution is 7.22. The van der Waals surface area contributed by atoms with Crippen LogP contribution in [0.15, 0.2) is 66.2 Å². The molecule has 1 atom stereocenters. The third kappa shape index (κ3) is 3.48. The van der Waals surface area contributed by atoms with Crippen LogP contribution in [0, 0.1) is 17.5 Å². The molecular weight excluding hydrogens is 469 g/mol. The van der Waals surface area contributed by atoms with Crippen LogP contribution in [0.2, 0.25) is 0 Å². The number of nitrogens with zero attached hydrogens (tertiary/aromatic N) is 2. The highest BCUT2D eigenvalue weighted by atomic mass is 32.1. The first kappa shape index (κ1) is 21.7. The topological polar surface area (TPSA) is 90.7 Å². The Morgan fingerprint density at radius 3 is 2.29 bits per heavy atom. The molecule has 1 amide bonds. The van der Waals surface area contributed by atoms with Crippen LogP contribution < -0.4 is 4.90 Å². The average molecular weight is 482 g/mol. The number of amides is 1. The van der Waals surface area contributed by atoms with Crippen molar-refractivity contribution in [2.75, 3.05) is 4.90 Å². The van der Waals surface area contributed by atoms with Gasteiger partial charge in [-0.25, -0.2) is 18.2 Å². The van der Waals surface area contributed by atoms with Gasteiger partial charge in [0.1, 0.15) is 28.7 Å². The van der Waals surface area contributed by atoms with Gasteiger partial charge in [-0.2, -0.15) is 0 Å². The maximum absolute atomic E-state index is 14.3. The summed E-state index contributed by atoms with van der Waals surface area (Å²) in [5.41, 5.74) is -0.0355. The minimum absolute atomic E-state index is 0.0724. The van der Waals surface area contributed by atoms with Gasteiger partial charge in [-0.05, 0) is 48.0 Å². The fraction of sp³-hybridized carbons (Fsp3) is 0.0417. The molecule has 5 rings (SSSR count). The van der Waals surface area contributed by atoms with Crippen molar-refractivity contribution >= 4 is 44.1 Å². The molecule has 2 heterocycles. The van der Waals surface area contributed by atoms with Crippen LogP contribution in [0.3, 0.4) is 0 Å². The molecule has 6 nitrogen and oxygen atoms in total. The first-order chi connectivity index (χ1) is 16.2. The van der Waals surface area contributed by atoms with E-state index in [1.165, 1.54) is 36.4 Å². The van der Waals surface area contributed by atoms with E-state index in [0.717, 1.165) is 34.4 Å². The summed E-state index contributed by atoms with van der Waals surface area (Å²) in [7, 11) is 0. The van der Waals surface area contributed by atoms with E-state index >= 15 is 0 Å². The predicted molar refractivity (Wildman–Crippen MR) is 119 cm³/mol. The normalized spacial score (nSPS) is 17.6. The van der Waals surface area contributed by atoms with Crippen LogP contribution in [-0.4, -0.2) is 26.9 Å². The number of phenols is 1. The van der Waals surface area contributed by atoms with Crippen molar-refractivity contribution in [3.05, 3.63) is 94.8 Å². The molecule has 1 aliphatic rings. The lowest BCUT2D eigenvalue weighted by Gasteiger charge is -2.23. The van der Waals surface area contributed by atoms with Crippen LogP contribution in [0.1, 0.15) is 17.2 Å². The molecule has 0 radical (unpaired) electrons. The number of benzene rings is 3. The Balaban J connectivity index is 1.74. The average Bonchev–Trinajstić information content (AvgIpc) is 3.33. The smallest absolute Gasteiger partial charge is 0.301 e. The van der Waals surface area contributed by atoms with E-state index < -0.39 is 40.9 Å². The molecule has 1 unspecified atom stereocenters. The minimum Gasteiger partial charge on any atom is -0.508 e. The highest BCUT2D eigenvalue weighted by Crippen LogP contribution is 2.44. The Bertz CT molecular complexity index is 1500. The van der Waals surface area contributed by atoms with Crippen molar-refractivity contribution in [2.24, 2.45) is 0 Å². The number of Topliss-reactive ketones (excluding diaryl/α,β-unsaturated/α-hetero) is 1. The Morgan fingerprint density at radius 2 is 1.62 bits per heavy atom. The lowest BCUT2D eigenvalue weighted by atomic mass is 9.95. The van der Waals surface area contributed by atoms with Crippen molar-refractivity contribution in [2.45, 2.75) is 6.04 Å². The van der Waals surface area contributed by atoms with E-state index in [0.29, 0.717) is 11.6 Å². The van der Waals surface area contributed by atoms with Gasteiger partial charge in [0.15, 0.2) is 10.9 Å². The fourth-order valence-corrected chi connectivity index (χ4v) is 4.85. The monoisotopic (exact) mass is 482 g/mol. The molecule has 1 saturated heterocycles. The van der Waals surface area contributed by atoms with E-state index in [1.807, 2.05) is 0 Å². The van der Waals surface area contributed by atoms with Crippen LogP contribution in [0.4, 0.5) is 18.3 Å². The largest absolute Gasteiger partial charge is 0.508 e. The van der Waals surface area contributed by atoms with Crippen LogP contribution in [0.25, 0.3) is 16.0 Å². The summed E-state index contributed by atoms with van der Waals surface area (Å²) >= 11 is 0.800. The summed E-state index contributed by atoms with van der Waals surface area (Å²) in [6.07, 6.45) is 0. The van der Waals surface area contributed by atoms with Gasteiger partial charge < -0.3 is 10.2 Å². The van der Waals surface area contributed by atoms with E-state index in [2.05, 4.69) is 4.98 Å². The van der Waals surface area contributed by atoms with Gasteiger partial charge in [-0.1, -0.05) is 23.5 Å². The number of aliphatic hydroxyl groups is 1. The van der Waals surface area contributed by atoms with Gasteiger partial charge in [0, 0.05) is 11.6 Å². The second-order valence-corrected chi connectivity index (χ2v) is 8.51. The second-order valence-electron chi connectivity index (χ2n) is 7.50. The molecular formula is C24H13F3N2O4S. The third-order valence-electron chi connectivity index (χ3n) is 5.38. The molecule has 4 aromatic rings. The molecule has 0 spiro atoms. The van der Waals surface area contributed by atoms with Crippen molar-refractivity contribution in [1.29, 1.82) is 0 Å². The minimum atomic E-state index is -1.20. The molecule has 34 heavy (non-hydrogen) atoms. The Morgan fingerprint density at radius 1 is 0.941 bits per heavy atom. The predicted octanol–water partition coefficient (Wildman–Crippen LogP) is 5.05. The standard InChI is InChI=1S/C24H13F3N2O4S/c25-13-5-1-12(2-6-13)21(31)18-20(11-3-7-15(30)8-4-11)29(23(33)22(18)32)24-28-19-16(27)9-14(26)10-17(19)34-24/h1-10,20,30-31H/b21-18+. The molecule has 1 aliphatic heterocycles. The lowest BCUT2D eigenvalue weighted by molar-refractivity contribution is -0.132. The van der Waals surface area contributed by atoms with Gasteiger partial charge in [-0.15, -0.1) is 0 Å². The number of phenolic OH excluding ortho intramolecular Hbond substituents is 1. The molecule has 1 aromatic heterocycles. The maximum Gasteiger partial charge on any atom is 0.301 e. The number of carbonyl (C=O) groups is 2. The summed E-state index contributed by atoms with van der Waals surface area (Å²) in [6, 6.07) is 10.8. The van der Waals surface area contributed by atoms with Gasteiger partial charge in [0.25, 0.3) is 5.78 Å².